The Morgan fingerprint density at radius 1 is 1.35 bits per heavy atom. The summed E-state index contributed by atoms with van der Waals surface area (Å²) in [6.45, 7) is 1.53. The maximum absolute atomic E-state index is 11.7. The zero-order chi connectivity index (χ0) is 12.7. The van der Waals surface area contributed by atoms with Crippen molar-refractivity contribution >= 4 is 29.0 Å². The van der Waals surface area contributed by atoms with Gasteiger partial charge in [-0.15, -0.1) is 0 Å². The number of hydrogen-bond acceptors (Lipinski definition) is 3. The first-order valence-electron chi connectivity index (χ1n) is 5.29. The van der Waals surface area contributed by atoms with Crippen LogP contribution in [0.3, 0.4) is 0 Å². The third-order valence-corrected chi connectivity index (χ3v) is 2.95. The summed E-state index contributed by atoms with van der Waals surface area (Å²) in [4.78, 5) is 11.7. The van der Waals surface area contributed by atoms with Crippen molar-refractivity contribution in [2.24, 2.45) is 0 Å². The quantitative estimate of drug-likeness (QED) is 0.777. The molecule has 1 rings (SSSR count). The number of Topliss-reactive ketones (excluding diaryl/α,β-unsaturated/α-hetero) is 1. The lowest BCUT2D eigenvalue weighted by Crippen LogP contribution is -2.27. The van der Waals surface area contributed by atoms with Gasteiger partial charge in [-0.05, 0) is 17.7 Å². The monoisotopic (exact) mass is 275 g/mol. The molecule has 0 fully saturated rings. The average molecular weight is 276 g/mol. The van der Waals surface area contributed by atoms with Gasteiger partial charge in [-0.25, -0.2) is 0 Å². The molecule has 1 aromatic carbocycles. The number of nitrogens with one attached hydrogen (secondary N) is 1. The summed E-state index contributed by atoms with van der Waals surface area (Å²) in [7, 11) is 1.62. The first-order valence-corrected chi connectivity index (χ1v) is 6.05. The summed E-state index contributed by atoms with van der Waals surface area (Å²) >= 11 is 12.0. The lowest BCUT2D eigenvalue weighted by molar-refractivity contribution is -0.117. The van der Waals surface area contributed by atoms with E-state index in [1.54, 1.807) is 25.3 Å². The highest BCUT2D eigenvalue weighted by molar-refractivity contribution is 6.36. The average Bonchev–Trinajstić information content (AvgIpc) is 2.30. The fraction of sp³-hybridized carbons (Fsp3) is 0.417. The first-order chi connectivity index (χ1) is 8.15. The van der Waals surface area contributed by atoms with Gasteiger partial charge < -0.3 is 10.1 Å². The Kier molecular flexibility index (Phi) is 6.52. The molecule has 0 radical (unpaired) electrons. The van der Waals surface area contributed by atoms with Crippen molar-refractivity contribution in [2.45, 2.75) is 6.42 Å². The minimum absolute atomic E-state index is 0.0519. The molecular formula is C12H15Cl2NO2. The molecule has 0 heterocycles. The predicted molar refractivity (Wildman–Crippen MR) is 69.9 cm³/mol. The minimum atomic E-state index is 0.0519. The number of benzene rings is 1. The predicted octanol–water partition coefficient (Wildman–Crippen LogP) is 2.34. The minimum Gasteiger partial charge on any atom is -0.383 e. The molecule has 0 saturated carbocycles. The zero-order valence-electron chi connectivity index (χ0n) is 9.63. The standard InChI is InChI=1S/C12H15Cl2NO2/c1-17-6-5-15-8-9(16)7-10-11(13)3-2-4-12(10)14/h2-4,15H,5-8H2,1H3. The van der Waals surface area contributed by atoms with E-state index in [1.807, 2.05) is 0 Å². The molecule has 0 bridgehead atoms. The summed E-state index contributed by atoms with van der Waals surface area (Å²) in [6.07, 6.45) is 0.249. The van der Waals surface area contributed by atoms with Crippen molar-refractivity contribution in [1.29, 1.82) is 0 Å². The maximum atomic E-state index is 11.7. The van der Waals surface area contributed by atoms with Gasteiger partial charge in [-0.3, -0.25) is 4.79 Å². The molecule has 94 valence electrons. The van der Waals surface area contributed by atoms with Crippen LogP contribution < -0.4 is 5.32 Å². The van der Waals surface area contributed by atoms with Crippen LogP contribution in [0.2, 0.25) is 10.0 Å². The Morgan fingerprint density at radius 3 is 2.59 bits per heavy atom. The number of carbonyl (C=O) groups excluding carboxylic acids is 1. The smallest absolute Gasteiger partial charge is 0.151 e. The number of ether oxygens (including phenoxy) is 1. The van der Waals surface area contributed by atoms with Crippen LogP contribution >= 0.6 is 23.2 Å². The largest absolute Gasteiger partial charge is 0.383 e. The van der Waals surface area contributed by atoms with E-state index in [2.05, 4.69) is 5.32 Å². The van der Waals surface area contributed by atoms with Crippen LogP contribution in [-0.2, 0) is 16.0 Å². The van der Waals surface area contributed by atoms with E-state index < -0.39 is 0 Å². The van der Waals surface area contributed by atoms with E-state index >= 15 is 0 Å². The number of hydrogen-bond donors (Lipinski definition) is 1. The SMILES string of the molecule is COCCNCC(=O)Cc1c(Cl)cccc1Cl. The molecule has 0 saturated heterocycles. The Labute approximate surface area is 111 Å². The fourth-order valence-corrected chi connectivity index (χ4v) is 1.89. The third-order valence-electron chi connectivity index (χ3n) is 2.24. The highest BCUT2D eigenvalue weighted by Gasteiger charge is 2.10. The van der Waals surface area contributed by atoms with Crippen LogP contribution in [0.4, 0.5) is 0 Å². The number of methoxy groups -OCH3 is 1. The van der Waals surface area contributed by atoms with Gasteiger partial charge in [-0.1, -0.05) is 29.3 Å². The highest BCUT2D eigenvalue weighted by Crippen LogP contribution is 2.24. The molecule has 0 atom stereocenters. The Hall–Kier alpha value is -0.610. The molecule has 0 aliphatic heterocycles. The summed E-state index contributed by atoms with van der Waals surface area (Å²) < 4.78 is 4.86. The van der Waals surface area contributed by atoms with Crippen LogP contribution in [0.15, 0.2) is 18.2 Å². The van der Waals surface area contributed by atoms with Gasteiger partial charge in [-0.2, -0.15) is 0 Å². The Balaban J connectivity index is 2.45. The molecule has 1 N–H and O–H groups in total. The van der Waals surface area contributed by atoms with Gasteiger partial charge in [0, 0.05) is 30.1 Å². The number of rotatable bonds is 7. The van der Waals surface area contributed by atoms with Crippen LogP contribution in [-0.4, -0.2) is 32.6 Å². The van der Waals surface area contributed by atoms with Crippen LogP contribution in [0, 0.1) is 0 Å². The molecule has 17 heavy (non-hydrogen) atoms. The molecule has 0 aliphatic carbocycles. The zero-order valence-corrected chi connectivity index (χ0v) is 11.1. The van der Waals surface area contributed by atoms with E-state index in [1.165, 1.54) is 0 Å². The molecule has 3 nitrogen and oxygen atoms in total. The van der Waals surface area contributed by atoms with Gasteiger partial charge >= 0.3 is 0 Å². The van der Waals surface area contributed by atoms with Crippen molar-refractivity contribution in [3.05, 3.63) is 33.8 Å². The van der Waals surface area contributed by atoms with E-state index in [0.717, 1.165) is 0 Å². The van der Waals surface area contributed by atoms with E-state index in [4.69, 9.17) is 27.9 Å². The maximum Gasteiger partial charge on any atom is 0.151 e. The van der Waals surface area contributed by atoms with Gasteiger partial charge in [0.1, 0.15) is 0 Å². The van der Waals surface area contributed by atoms with Gasteiger partial charge in [0.25, 0.3) is 0 Å². The van der Waals surface area contributed by atoms with Crippen molar-refractivity contribution in [3.8, 4) is 0 Å². The Morgan fingerprint density at radius 2 is 2.00 bits per heavy atom. The number of carbonyl (C=O) groups is 1. The first kappa shape index (κ1) is 14.5. The van der Waals surface area contributed by atoms with Crippen LogP contribution in [0.5, 0.6) is 0 Å². The van der Waals surface area contributed by atoms with Crippen molar-refractivity contribution in [2.75, 3.05) is 26.8 Å². The second-order valence-corrected chi connectivity index (χ2v) is 4.40. The second-order valence-electron chi connectivity index (χ2n) is 3.59. The molecule has 1 aromatic rings. The molecule has 0 aliphatic rings. The normalized spacial score (nSPS) is 10.5. The van der Waals surface area contributed by atoms with Gasteiger partial charge in [0.2, 0.25) is 0 Å². The molecule has 0 unspecified atom stereocenters. The molecule has 5 heteroatoms. The Bertz CT molecular complexity index is 363. The topological polar surface area (TPSA) is 38.3 Å². The summed E-state index contributed by atoms with van der Waals surface area (Å²) in [5.41, 5.74) is 0.689. The third kappa shape index (κ3) is 5.04. The highest BCUT2D eigenvalue weighted by atomic mass is 35.5. The molecule has 0 spiro atoms. The number of halogens is 2. The second kappa shape index (κ2) is 7.67. The van der Waals surface area contributed by atoms with Crippen molar-refractivity contribution in [1.82, 2.24) is 5.32 Å². The molecule has 0 aromatic heterocycles. The van der Waals surface area contributed by atoms with Crippen molar-refractivity contribution in [3.63, 3.8) is 0 Å². The van der Waals surface area contributed by atoms with Crippen LogP contribution in [0.1, 0.15) is 5.56 Å². The van der Waals surface area contributed by atoms with Crippen LogP contribution in [0.25, 0.3) is 0 Å². The summed E-state index contributed by atoms with van der Waals surface area (Å²) in [5, 5.41) is 4.05. The van der Waals surface area contributed by atoms with E-state index in [9.17, 15) is 4.79 Å². The molecule has 0 amide bonds. The summed E-state index contributed by atoms with van der Waals surface area (Å²) in [6, 6.07) is 5.22. The van der Waals surface area contributed by atoms with Gasteiger partial charge in [0.15, 0.2) is 5.78 Å². The van der Waals surface area contributed by atoms with E-state index in [0.29, 0.717) is 35.3 Å². The lowest BCUT2D eigenvalue weighted by Gasteiger charge is -2.07. The fourth-order valence-electron chi connectivity index (χ4n) is 1.36. The summed E-state index contributed by atoms with van der Waals surface area (Å²) in [5.74, 6) is 0.0519. The molecular weight excluding hydrogens is 261 g/mol. The number of ketones is 1. The van der Waals surface area contributed by atoms with Crippen molar-refractivity contribution < 1.29 is 9.53 Å². The van der Waals surface area contributed by atoms with E-state index in [-0.39, 0.29) is 12.2 Å². The van der Waals surface area contributed by atoms with Gasteiger partial charge in [0.05, 0.1) is 13.2 Å². The lowest BCUT2D eigenvalue weighted by atomic mass is 10.1.